The molecule has 0 aliphatic rings. The van der Waals surface area contributed by atoms with Crippen molar-refractivity contribution in [3.05, 3.63) is 36.4 Å². The van der Waals surface area contributed by atoms with E-state index in [9.17, 15) is 5.11 Å². The molecule has 1 atom stereocenters. The van der Waals surface area contributed by atoms with Gasteiger partial charge in [-0.05, 0) is 18.6 Å². The average molecular weight is 256 g/mol. The van der Waals surface area contributed by atoms with Crippen molar-refractivity contribution in [3.8, 4) is 11.5 Å². The molecule has 96 valence electrons. The van der Waals surface area contributed by atoms with Crippen molar-refractivity contribution in [2.45, 2.75) is 19.4 Å². The second-order valence-electron chi connectivity index (χ2n) is 4.11. The van der Waals surface area contributed by atoms with E-state index in [1.807, 2.05) is 25.1 Å². The highest BCUT2D eigenvalue weighted by Gasteiger charge is 2.16. The minimum atomic E-state index is -0.710. The molecule has 6 heteroatoms. The smallest absolute Gasteiger partial charge is 0.260 e. The summed E-state index contributed by atoms with van der Waals surface area (Å²) in [5, 5.41) is 13.5. The molecule has 3 aromatic rings. The van der Waals surface area contributed by atoms with Gasteiger partial charge < -0.3 is 9.63 Å². The van der Waals surface area contributed by atoms with E-state index >= 15 is 0 Å². The van der Waals surface area contributed by atoms with Gasteiger partial charge in [0.15, 0.2) is 0 Å². The van der Waals surface area contributed by atoms with Crippen LogP contribution in [0.3, 0.4) is 0 Å². The van der Waals surface area contributed by atoms with Gasteiger partial charge in [-0.1, -0.05) is 18.1 Å². The number of hydrogen-bond acceptors (Lipinski definition) is 6. The van der Waals surface area contributed by atoms with E-state index in [0.29, 0.717) is 29.2 Å². The van der Waals surface area contributed by atoms with E-state index < -0.39 is 6.10 Å². The SMILES string of the molecule is CCC(O)c1noc(-c2cccc3nccnc23)n1. The predicted octanol–water partition coefficient (Wildman–Crippen LogP) is 2.12. The molecule has 3 rings (SSSR count). The lowest BCUT2D eigenvalue weighted by Gasteiger charge is -2.00. The molecule has 0 saturated carbocycles. The molecule has 0 fully saturated rings. The third-order valence-electron chi connectivity index (χ3n) is 2.86. The number of fused-ring (bicyclic) bond motifs is 1. The molecule has 0 spiro atoms. The van der Waals surface area contributed by atoms with E-state index in [4.69, 9.17) is 4.52 Å². The number of para-hydroxylation sites is 1. The lowest BCUT2D eigenvalue weighted by atomic mass is 10.1. The van der Waals surface area contributed by atoms with Gasteiger partial charge in [0.05, 0.1) is 11.1 Å². The molecule has 0 saturated heterocycles. The van der Waals surface area contributed by atoms with Crippen molar-refractivity contribution in [1.82, 2.24) is 20.1 Å². The van der Waals surface area contributed by atoms with Crippen LogP contribution in [-0.4, -0.2) is 25.2 Å². The largest absolute Gasteiger partial charge is 0.385 e. The highest BCUT2D eigenvalue weighted by Crippen LogP contribution is 2.25. The summed E-state index contributed by atoms with van der Waals surface area (Å²) in [6, 6.07) is 5.56. The van der Waals surface area contributed by atoms with Gasteiger partial charge in [0, 0.05) is 12.4 Å². The molecule has 0 aliphatic heterocycles. The molecular formula is C13H12N4O2. The maximum atomic E-state index is 9.69. The van der Waals surface area contributed by atoms with E-state index in [0.717, 1.165) is 5.52 Å². The lowest BCUT2D eigenvalue weighted by molar-refractivity contribution is 0.159. The molecule has 0 amide bonds. The van der Waals surface area contributed by atoms with Crippen LogP contribution >= 0.6 is 0 Å². The zero-order valence-electron chi connectivity index (χ0n) is 10.3. The van der Waals surface area contributed by atoms with Crippen LogP contribution in [0, 0.1) is 0 Å². The van der Waals surface area contributed by atoms with Crippen LogP contribution in [0.4, 0.5) is 0 Å². The molecule has 1 N–H and O–H groups in total. The van der Waals surface area contributed by atoms with Crippen molar-refractivity contribution >= 4 is 11.0 Å². The molecule has 1 unspecified atom stereocenters. The first-order valence-electron chi connectivity index (χ1n) is 6.01. The van der Waals surface area contributed by atoms with Crippen LogP contribution in [0.25, 0.3) is 22.5 Å². The lowest BCUT2D eigenvalue weighted by Crippen LogP contribution is -1.97. The summed E-state index contributed by atoms with van der Waals surface area (Å²) in [7, 11) is 0. The molecule has 0 radical (unpaired) electrons. The van der Waals surface area contributed by atoms with Gasteiger partial charge in [0.25, 0.3) is 5.89 Å². The van der Waals surface area contributed by atoms with Crippen LogP contribution in [0.5, 0.6) is 0 Å². The molecule has 0 bridgehead atoms. The first-order valence-corrected chi connectivity index (χ1v) is 6.01. The zero-order valence-corrected chi connectivity index (χ0v) is 10.3. The number of rotatable bonds is 3. The molecule has 2 heterocycles. The fourth-order valence-corrected chi connectivity index (χ4v) is 1.83. The Morgan fingerprint density at radius 1 is 1.26 bits per heavy atom. The van der Waals surface area contributed by atoms with E-state index in [-0.39, 0.29) is 0 Å². The summed E-state index contributed by atoms with van der Waals surface area (Å²) in [6.45, 7) is 1.85. The summed E-state index contributed by atoms with van der Waals surface area (Å²) in [6.07, 6.45) is 3.07. The first kappa shape index (κ1) is 11.7. The quantitative estimate of drug-likeness (QED) is 0.772. The number of aliphatic hydroxyl groups is 1. The number of benzene rings is 1. The Bertz CT molecular complexity index is 705. The Morgan fingerprint density at radius 3 is 2.95 bits per heavy atom. The average Bonchev–Trinajstić information content (AvgIpc) is 2.95. The van der Waals surface area contributed by atoms with Gasteiger partial charge in [0.2, 0.25) is 5.82 Å². The van der Waals surface area contributed by atoms with Crippen LogP contribution in [0.15, 0.2) is 35.1 Å². The third kappa shape index (κ3) is 2.06. The maximum absolute atomic E-state index is 9.69. The molecule has 6 nitrogen and oxygen atoms in total. The van der Waals surface area contributed by atoms with E-state index in [2.05, 4.69) is 20.1 Å². The number of aliphatic hydroxyl groups excluding tert-OH is 1. The maximum Gasteiger partial charge on any atom is 0.260 e. The first-order chi connectivity index (χ1) is 9.29. The van der Waals surface area contributed by atoms with Crippen molar-refractivity contribution in [2.24, 2.45) is 0 Å². The summed E-state index contributed by atoms with van der Waals surface area (Å²) in [5.74, 6) is 0.631. The minimum Gasteiger partial charge on any atom is -0.385 e. The highest BCUT2D eigenvalue weighted by atomic mass is 16.5. The number of hydrogen-bond donors (Lipinski definition) is 1. The number of aromatic nitrogens is 4. The highest BCUT2D eigenvalue weighted by molar-refractivity contribution is 5.88. The third-order valence-corrected chi connectivity index (χ3v) is 2.86. The second-order valence-corrected chi connectivity index (χ2v) is 4.11. The number of nitrogens with zero attached hydrogens (tertiary/aromatic N) is 4. The fourth-order valence-electron chi connectivity index (χ4n) is 1.83. The molecule has 2 aromatic heterocycles. The fraction of sp³-hybridized carbons (Fsp3) is 0.231. The predicted molar refractivity (Wildman–Crippen MR) is 68.1 cm³/mol. The Labute approximate surface area is 109 Å². The standard InChI is InChI=1S/C13H12N4O2/c1-2-10(18)12-16-13(19-17-12)8-4-3-5-9-11(8)15-7-6-14-9/h3-7,10,18H,2H2,1H3. The zero-order chi connectivity index (χ0) is 13.2. The molecular weight excluding hydrogens is 244 g/mol. The summed E-state index contributed by atoms with van der Waals surface area (Å²) < 4.78 is 5.19. The summed E-state index contributed by atoms with van der Waals surface area (Å²) >= 11 is 0. The van der Waals surface area contributed by atoms with Crippen LogP contribution < -0.4 is 0 Å². The van der Waals surface area contributed by atoms with Gasteiger partial charge in [0.1, 0.15) is 11.6 Å². The Morgan fingerprint density at radius 2 is 2.11 bits per heavy atom. The van der Waals surface area contributed by atoms with Gasteiger partial charge in [-0.2, -0.15) is 4.98 Å². The van der Waals surface area contributed by atoms with Crippen LogP contribution in [0.1, 0.15) is 25.3 Å². The minimum absolute atomic E-state index is 0.290. The van der Waals surface area contributed by atoms with Crippen molar-refractivity contribution in [3.63, 3.8) is 0 Å². The van der Waals surface area contributed by atoms with Gasteiger partial charge >= 0.3 is 0 Å². The van der Waals surface area contributed by atoms with E-state index in [1.165, 1.54) is 0 Å². The second kappa shape index (κ2) is 4.74. The normalized spacial score (nSPS) is 12.7. The van der Waals surface area contributed by atoms with E-state index in [1.54, 1.807) is 12.4 Å². The van der Waals surface area contributed by atoms with Gasteiger partial charge in [-0.3, -0.25) is 9.97 Å². The van der Waals surface area contributed by atoms with Crippen LogP contribution in [0.2, 0.25) is 0 Å². The molecule has 0 aliphatic carbocycles. The Kier molecular flexibility index (Phi) is 2.92. The van der Waals surface area contributed by atoms with Crippen LogP contribution in [-0.2, 0) is 0 Å². The summed E-state index contributed by atoms with van der Waals surface area (Å²) in [4.78, 5) is 12.7. The molecule has 19 heavy (non-hydrogen) atoms. The van der Waals surface area contributed by atoms with Gasteiger partial charge in [-0.15, -0.1) is 0 Å². The van der Waals surface area contributed by atoms with Crippen molar-refractivity contribution < 1.29 is 9.63 Å². The Balaban J connectivity index is 2.12. The van der Waals surface area contributed by atoms with Gasteiger partial charge in [-0.25, -0.2) is 0 Å². The Hall–Kier alpha value is -2.34. The van der Waals surface area contributed by atoms with Crippen molar-refractivity contribution in [1.29, 1.82) is 0 Å². The topological polar surface area (TPSA) is 84.9 Å². The summed E-state index contributed by atoms with van der Waals surface area (Å²) in [5.41, 5.74) is 2.18. The van der Waals surface area contributed by atoms with Crippen molar-refractivity contribution in [2.75, 3.05) is 0 Å². The molecule has 1 aromatic carbocycles. The monoisotopic (exact) mass is 256 g/mol.